The molecule has 178 valence electrons. The molecule has 1 fully saturated rings. The summed E-state index contributed by atoms with van der Waals surface area (Å²) in [4.78, 5) is 40.1. The van der Waals surface area contributed by atoms with E-state index in [0.717, 1.165) is 5.56 Å². The molecule has 0 radical (unpaired) electrons. The van der Waals surface area contributed by atoms with E-state index < -0.39 is 11.7 Å². The lowest BCUT2D eigenvalue weighted by Gasteiger charge is -2.35. The number of alkyl carbamates (subject to hydrolysis) is 1. The van der Waals surface area contributed by atoms with Gasteiger partial charge in [0.1, 0.15) is 5.60 Å². The lowest BCUT2D eigenvalue weighted by atomic mass is 10.1. The zero-order valence-electron chi connectivity index (χ0n) is 19.7. The molecule has 0 atom stereocenters. The van der Waals surface area contributed by atoms with Crippen molar-refractivity contribution in [3.05, 3.63) is 23.8 Å². The first-order chi connectivity index (χ1) is 15.1. The number of ether oxygens (including phenoxy) is 3. The molecule has 1 aromatic rings. The van der Waals surface area contributed by atoms with Gasteiger partial charge in [-0.05, 0) is 44.9 Å². The molecule has 1 aromatic carbocycles. The number of rotatable bonds is 8. The SMILES string of the molecule is COc1ccc(CCC(=O)N2CCN(C(=O)CCNC(=O)OC(C)(C)C)CC2)cc1OC. The minimum absolute atomic E-state index is 0.0431. The van der Waals surface area contributed by atoms with E-state index in [9.17, 15) is 14.4 Å². The third kappa shape index (κ3) is 7.94. The van der Waals surface area contributed by atoms with Crippen LogP contribution in [-0.2, 0) is 20.7 Å². The molecule has 9 heteroatoms. The van der Waals surface area contributed by atoms with Crippen LogP contribution in [0.3, 0.4) is 0 Å². The van der Waals surface area contributed by atoms with Gasteiger partial charge in [-0.2, -0.15) is 0 Å². The van der Waals surface area contributed by atoms with E-state index in [4.69, 9.17) is 14.2 Å². The van der Waals surface area contributed by atoms with Crippen LogP contribution in [0.4, 0.5) is 4.79 Å². The van der Waals surface area contributed by atoms with Crippen molar-refractivity contribution in [2.24, 2.45) is 0 Å². The van der Waals surface area contributed by atoms with Crippen LogP contribution < -0.4 is 14.8 Å². The van der Waals surface area contributed by atoms with E-state index in [-0.39, 0.29) is 24.8 Å². The lowest BCUT2D eigenvalue weighted by Crippen LogP contribution is -2.51. The summed E-state index contributed by atoms with van der Waals surface area (Å²) in [6.45, 7) is 7.58. The summed E-state index contributed by atoms with van der Waals surface area (Å²) in [6, 6.07) is 5.64. The summed E-state index contributed by atoms with van der Waals surface area (Å²) in [5, 5.41) is 2.59. The molecule has 0 unspecified atom stereocenters. The third-order valence-corrected chi connectivity index (χ3v) is 5.07. The van der Waals surface area contributed by atoms with Gasteiger partial charge in [-0.3, -0.25) is 9.59 Å². The largest absolute Gasteiger partial charge is 0.493 e. The van der Waals surface area contributed by atoms with Gasteiger partial charge in [-0.15, -0.1) is 0 Å². The molecule has 9 nitrogen and oxygen atoms in total. The number of aryl methyl sites for hydroxylation is 1. The van der Waals surface area contributed by atoms with Crippen LogP contribution in [0.2, 0.25) is 0 Å². The number of hydrogen-bond acceptors (Lipinski definition) is 6. The lowest BCUT2D eigenvalue weighted by molar-refractivity contribution is -0.139. The molecular weight excluding hydrogens is 414 g/mol. The number of amides is 3. The maximum atomic E-state index is 12.6. The Morgan fingerprint density at radius 1 is 0.906 bits per heavy atom. The second-order valence-corrected chi connectivity index (χ2v) is 8.63. The molecule has 2 rings (SSSR count). The van der Waals surface area contributed by atoms with Gasteiger partial charge >= 0.3 is 6.09 Å². The van der Waals surface area contributed by atoms with Crippen LogP contribution >= 0.6 is 0 Å². The number of carbonyl (C=O) groups excluding carboxylic acids is 3. The summed E-state index contributed by atoms with van der Waals surface area (Å²) in [7, 11) is 3.17. The van der Waals surface area contributed by atoms with Crippen molar-refractivity contribution in [1.29, 1.82) is 0 Å². The molecule has 1 N–H and O–H groups in total. The molecule has 0 aliphatic carbocycles. The van der Waals surface area contributed by atoms with Gasteiger partial charge in [0.05, 0.1) is 14.2 Å². The van der Waals surface area contributed by atoms with Crippen molar-refractivity contribution in [2.45, 2.75) is 45.6 Å². The van der Waals surface area contributed by atoms with Crippen LogP contribution in [0.25, 0.3) is 0 Å². The van der Waals surface area contributed by atoms with E-state index in [1.807, 2.05) is 18.2 Å². The van der Waals surface area contributed by atoms with Crippen molar-refractivity contribution in [3.8, 4) is 11.5 Å². The molecular formula is C23H35N3O6. The van der Waals surface area contributed by atoms with Crippen molar-refractivity contribution >= 4 is 17.9 Å². The number of carbonyl (C=O) groups is 3. The number of hydrogen-bond donors (Lipinski definition) is 1. The van der Waals surface area contributed by atoms with Gasteiger partial charge in [0.25, 0.3) is 0 Å². The third-order valence-electron chi connectivity index (χ3n) is 5.07. The highest BCUT2D eigenvalue weighted by Gasteiger charge is 2.24. The molecule has 1 aliphatic heterocycles. The summed E-state index contributed by atoms with van der Waals surface area (Å²) in [6.07, 6.45) is 0.667. The normalized spacial score (nSPS) is 14.0. The van der Waals surface area contributed by atoms with E-state index in [1.54, 1.807) is 44.8 Å². The van der Waals surface area contributed by atoms with Crippen LogP contribution in [-0.4, -0.2) is 80.3 Å². The average Bonchev–Trinajstić information content (AvgIpc) is 2.76. The molecule has 1 aliphatic rings. The Balaban J connectivity index is 1.71. The molecule has 0 saturated carbocycles. The van der Waals surface area contributed by atoms with Crippen molar-refractivity contribution in [1.82, 2.24) is 15.1 Å². The van der Waals surface area contributed by atoms with Crippen LogP contribution in [0.15, 0.2) is 18.2 Å². The molecule has 0 spiro atoms. The molecule has 0 aromatic heterocycles. The van der Waals surface area contributed by atoms with E-state index in [0.29, 0.717) is 50.5 Å². The summed E-state index contributed by atoms with van der Waals surface area (Å²) >= 11 is 0. The second-order valence-electron chi connectivity index (χ2n) is 8.63. The fraction of sp³-hybridized carbons (Fsp3) is 0.609. The topological polar surface area (TPSA) is 97.4 Å². The first kappa shape index (κ1) is 25.3. The minimum atomic E-state index is -0.573. The minimum Gasteiger partial charge on any atom is -0.493 e. The van der Waals surface area contributed by atoms with Crippen LogP contribution in [0.5, 0.6) is 11.5 Å². The Bertz CT molecular complexity index is 797. The van der Waals surface area contributed by atoms with E-state index >= 15 is 0 Å². The molecule has 3 amide bonds. The quantitative estimate of drug-likeness (QED) is 0.654. The maximum absolute atomic E-state index is 12.6. The predicted octanol–water partition coefficient (Wildman–Crippen LogP) is 2.22. The number of nitrogens with zero attached hydrogens (tertiary/aromatic N) is 2. The van der Waals surface area contributed by atoms with Gasteiger partial charge in [0, 0.05) is 45.6 Å². The number of benzene rings is 1. The van der Waals surface area contributed by atoms with Gasteiger partial charge in [0.15, 0.2) is 11.5 Å². The van der Waals surface area contributed by atoms with Gasteiger partial charge in [0.2, 0.25) is 11.8 Å². The van der Waals surface area contributed by atoms with Crippen molar-refractivity contribution in [2.75, 3.05) is 46.9 Å². The van der Waals surface area contributed by atoms with Gasteiger partial charge < -0.3 is 29.3 Å². The molecule has 1 saturated heterocycles. The Labute approximate surface area is 190 Å². The zero-order chi connectivity index (χ0) is 23.7. The Kier molecular flexibility index (Phi) is 9.16. The number of piperazine rings is 1. The summed E-state index contributed by atoms with van der Waals surface area (Å²) in [5.74, 6) is 1.33. The predicted molar refractivity (Wildman–Crippen MR) is 120 cm³/mol. The summed E-state index contributed by atoms with van der Waals surface area (Å²) in [5.41, 5.74) is 0.429. The van der Waals surface area contributed by atoms with Gasteiger partial charge in [-0.1, -0.05) is 6.07 Å². The highest BCUT2D eigenvalue weighted by Crippen LogP contribution is 2.28. The summed E-state index contributed by atoms with van der Waals surface area (Å²) < 4.78 is 15.7. The fourth-order valence-electron chi connectivity index (χ4n) is 3.39. The van der Waals surface area contributed by atoms with Gasteiger partial charge in [-0.25, -0.2) is 4.79 Å². The standard InChI is InChI=1S/C23H35N3O6/c1-23(2,3)32-22(29)24-11-10-21(28)26-14-12-25(13-15-26)20(27)9-7-17-6-8-18(30-4)19(16-17)31-5/h6,8,16H,7,9-15H2,1-5H3,(H,24,29). The maximum Gasteiger partial charge on any atom is 0.407 e. The Hall–Kier alpha value is -2.97. The number of nitrogens with one attached hydrogen (secondary N) is 1. The molecule has 1 heterocycles. The second kappa shape index (κ2) is 11.6. The highest BCUT2D eigenvalue weighted by atomic mass is 16.6. The fourth-order valence-corrected chi connectivity index (χ4v) is 3.39. The Morgan fingerprint density at radius 2 is 1.47 bits per heavy atom. The smallest absolute Gasteiger partial charge is 0.407 e. The zero-order valence-corrected chi connectivity index (χ0v) is 19.7. The number of methoxy groups -OCH3 is 2. The Morgan fingerprint density at radius 3 is 2.00 bits per heavy atom. The monoisotopic (exact) mass is 449 g/mol. The van der Waals surface area contributed by atoms with Crippen molar-refractivity contribution < 1.29 is 28.6 Å². The molecule has 32 heavy (non-hydrogen) atoms. The molecule has 0 bridgehead atoms. The van der Waals surface area contributed by atoms with Crippen LogP contribution in [0, 0.1) is 0 Å². The van der Waals surface area contributed by atoms with E-state index in [1.165, 1.54) is 0 Å². The highest BCUT2D eigenvalue weighted by molar-refractivity contribution is 5.79. The van der Waals surface area contributed by atoms with Crippen LogP contribution in [0.1, 0.15) is 39.2 Å². The first-order valence-electron chi connectivity index (χ1n) is 10.9. The van der Waals surface area contributed by atoms with Crippen molar-refractivity contribution in [3.63, 3.8) is 0 Å². The first-order valence-corrected chi connectivity index (χ1v) is 10.9. The van der Waals surface area contributed by atoms with E-state index in [2.05, 4.69) is 5.32 Å². The average molecular weight is 450 g/mol.